The van der Waals surface area contributed by atoms with E-state index in [1.165, 1.54) is 16.7 Å². The van der Waals surface area contributed by atoms with Gasteiger partial charge in [-0.2, -0.15) is 0 Å². The van der Waals surface area contributed by atoms with Crippen LogP contribution in [0.5, 0.6) is 0 Å². The van der Waals surface area contributed by atoms with Gasteiger partial charge in [0.1, 0.15) is 5.15 Å². The molecule has 1 heterocycles. The summed E-state index contributed by atoms with van der Waals surface area (Å²) in [5, 5.41) is 3.82. The minimum atomic E-state index is 0.479. The van der Waals surface area contributed by atoms with Crippen molar-refractivity contribution in [3.8, 4) is 0 Å². The summed E-state index contributed by atoms with van der Waals surface area (Å²) in [5.74, 6) is 0. The lowest BCUT2D eigenvalue weighted by Gasteiger charge is -2.10. The SMILES string of the molecule is Cc1ccc(C)c(CNc2cnc(Cl)c(Br)c2)c1. The first-order valence-corrected chi connectivity index (χ1v) is 6.84. The Hall–Kier alpha value is -1.06. The minimum Gasteiger partial charge on any atom is -0.380 e. The van der Waals surface area contributed by atoms with Crippen molar-refractivity contribution < 1.29 is 0 Å². The summed E-state index contributed by atoms with van der Waals surface area (Å²) in [7, 11) is 0. The summed E-state index contributed by atoms with van der Waals surface area (Å²) < 4.78 is 0.801. The first kappa shape index (κ1) is 13.4. The number of hydrogen-bond acceptors (Lipinski definition) is 2. The van der Waals surface area contributed by atoms with Crippen molar-refractivity contribution in [2.45, 2.75) is 20.4 Å². The highest BCUT2D eigenvalue weighted by atomic mass is 79.9. The van der Waals surface area contributed by atoms with Crippen LogP contribution in [0.15, 0.2) is 34.9 Å². The maximum Gasteiger partial charge on any atom is 0.143 e. The van der Waals surface area contributed by atoms with Crippen LogP contribution in [0.1, 0.15) is 16.7 Å². The van der Waals surface area contributed by atoms with E-state index in [9.17, 15) is 0 Å². The number of nitrogens with one attached hydrogen (secondary N) is 1. The molecule has 1 N–H and O–H groups in total. The van der Waals surface area contributed by atoms with Crippen LogP contribution >= 0.6 is 27.5 Å². The maximum atomic E-state index is 5.86. The number of anilines is 1. The average Bonchev–Trinajstić information content (AvgIpc) is 2.34. The molecule has 0 bridgehead atoms. The number of aromatic nitrogens is 1. The molecule has 2 nitrogen and oxygen atoms in total. The van der Waals surface area contributed by atoms with Gasteiger partial charge in [-0.25, -0.2) is 4.98 Å². The third-order valence-electron chi connectivity index (χ3n) is 2.78. The topological polar surface area (TPSA) is 24.9 Å². The van der Waals surface area contributed by atoms with Crippen LogP contribution in [-0.2, 0) is 6.54 Å². The van der Waals surface area contributed by atoms with E-state index >= 15 is 0 Å². The molecular formula is C14H14BrClN2. The van der Waals surface area contributed by atoms with E-state index in [1.807, 2.05) is 6.07 Å². The van der Waals surface area contributed by atoms with Crippen molar-refractivity contribution in [2.75, 3.05) is 5.32 Å². The Morgan fingerprint density at radius 2 is 2.06 bits per heavy atom. The molecule has 0 aliphatic rings. The number of hydrogen-bond donors (Lipinski definition) is 1. The largest absolute Gasteiger partial charge is 0.380 e. The molecule has 0 amide bonds. The molecule has 0 atom stereocenters. The molecule has 0 saturated heterocycles. The van der Waals surface area contributed by atoms with Crippen molar-refractivity contribution in [3.05, 3.63) is 56.8 Å². The van der Waals surface area contributed by atoms with E-state index in [1.54, 1.807) is 6.20 Å². The first-order valence-electron chi connectivity index (χ1n) is 5.67. The van der Waals surface area contributed by atoms with E-state index in [2.05, 4.69) is 58.3 Å². The first-order chi connectivity index (χ1) is 8.56. The highest BCUT2D eigenvalue weighted by molar-refractivity contribution is 9.10. The summed E-state index contributed by atoms with van der Waals surface area (Å²) in [6.45, 7) is 5.00. The number of benzene rings is 1. The normalized spacial score (nSPS) is 10.4. The quantitative estimate of drug-likeness (QED) is 0.825. The zero-order chi connectivity index (χ0) is 13.1. The Labute approximate surface area is 121 Å². The Kier molecular flexibility index (Phi) is 4.25. The Bertz CT molecular complexity index is 570. The molecule has 18 heavy (non-hydrogen) atoms. The van der Waals surface area contributed by atoms with E-state index < -0.39 is 0 Å². The van der Waals surface area contributed by atoms with Crippen LogP contribution in [0.4, 0.5) is 5.69 Å². The molecule has 0 unspecified atom stereocenters. The lowest BCUT2D eigenvalue weighted by Crippen LogP contribution is -2.02. The average molecular weight is 326 g/mol. The zero-order valence-corrected chi connectivity index (χ0v) is 12.6. The van der Waals surface area contributed by atoms with Gasteiger partial charge in [0, 0.05) is 6.54 Å². The van der Waals surface area contributed by atoms with Crippen LogP contribution in [-0.4, -0.2) is 4.98 Å². The van der Waals surface area contributed by atoms with Crippen LogP contribution < -0.4 is 5.32 Å². The van der Waals surface area contributed by atoms with Gasteiger partial charge in [0.05, 0.1) is 16.4 Å². The Balaban J connectivity index is 2.11. The van der Waals surface area contributed by atoms with Crippen molar-refractivity contribution in [2.24, 2.45) is 0 Å². The predicted octanol–water partition coefficient (Wildman–Crippen LogP) is 4.73. The molecular weight excluding hydrogens is 312 g/mol. The van der Waals surface area contributed by atoms with E-state index in [4.69, 9.17) is 11.6 Å². The van der Waals surface area contributed by atoms with Gasteiger partial charge in [0.15, 0.2) is 0 Å². The van der Waals surface area contributed by atoms with Gasteiger partial charge < -0.3 is 5.32 Å². The maximum absolute atomic E-state index is 5.86. The van der Waals surface area contributed by atoms with E-state index in [-0.39, 0.29) is 0 Å². The molecule has 0 fully saturated rings. The number of aryl methyl sites for hydroxylation is 2. The number of nitrogens with zero attached hydrogens (tertiary/aromatic N) is 1. The van der Waals surface area contributed by atoms with Gasteiger partial charge in [-0.3, -0.25) is 0 Å². The third-order valence-corrected chi connectivity index (χ3v) is 3.92. The lowest BCUT2D eigenvalue weighted by atomic mass is 10.1. The number of pyridine rings is 1. The molecule has 0 aliphatic heterocycles. The fraction of sp³-hybridized carbons (Fsp3) is 0.214. The second kappa shape index (κ2) is 5.72. The van der Waals surface area contributed by atoms with E-state index in [0.717, 1.165) is 16.7 Å². The smallest absolute Gasteiger partial charge is 0.143 e. The van der Waals surface area contributed by atoms with Crippen molar-refractivity contribution >= 4 is 33.2 Å². The van der Waals surface area contributed by atoms with E-state index in [0.29, 0.717) is 5.15 Å². The second-order valence-corrected chi connectivity index (χ2v) is 5.49. The second-order valence-electron chi connectivity index (χ2n) is 4.28. The zero-order valence-electron chi connectivity index (χ0n) is 10.3. The van der Waals surface area contributed by atoms with Gasteiger partial charge in [-0.1, -0.05) is 35.4 Å². The molecule has 2 rings (SSSR count). The summed E-state index contributed by atoms with van der Waals surface area (Å²) in [4.78, 5) is 4.09. The Morgan fingerprint density at radius 3 is 2.78 bits per heavy atom. The molecule has 1 aromatic heterocycles. The molecule has 94 valence electrons. The predicted molar refractivity (Wildman–Crippen MR) is 80.2 cm³/mol. The molecule has 0 radical (unpaired) electrons. The summed E-state index contributed by atoms with van der Waals surface area (Å²) >= 11 is 9.22. The lowest BCUT2D eigenvalue weighted by molar-refractivity contribution is 1.10. The highest BCUT2D eigenvalue weighted by Gasteiger charge is 2.02. The van der Waals surface area contributed by atoms with Gasteiger partial charge in [-0.05, 0) is 47.0 Å². The summed E-state index contributed by atoms with van der Waals surface area (Å²) in [6, 6.07) is 8.39. The number of rotatable bonds is 3. The van der Waals surface area contributed by atoms with Gasteiger partial charge >= 0.3 is 0 Å². The molecule has 0 spiro atoms. The van der Waals surface area contributed by atoms with Crippen LogP contribution in [0, 0.1) is 13.8 Å². The van der Waals surface area contributed by atoms with Crippen molar-refractivity contribution in [1.82, 2.24) is 4.98 Å². The molecule has 0 aliphatic carbocycles. The van der Waals surface area contributed by atoms with Crippen molar-refractivity contribution in [1.29, 1.82) is 0 Å². The fourth-order valence-corrected chi connectivity index (χ4v) is 2.16. The highest BCUT2D eigenvalue weighted by Crippen LogP contribution is 2.23. The van der Waals surface area contributed by atoms with Gasteiger partial charge in [0.2, 0.25) is 0 Å². The minimum absolute atomic E-state index is 0.479. The standard InChI is InChI=1S/C14H14BrClN2/c1-9-3-4-10(2)11(5-9)7-17-12-6-13(15)14(16)18-8-12/h3-6,8,17H,7H2,1-2H3. The molecule has 0 saturated carbocycles. The molecule has 1 aromatic carbocycles. The Morgan fingerprint density at radius 1 is 1.28 bits per heavy atom. The van der Waals surface area contributed by atoms with Gasteiger partial charge in [-0.15, -0.1) is 0 Å². The number of halogens is 2. The van der Waals surface area contributed by atoms with Gasteiger partial charge in [0.25, 0.3) is 0 Å². The van der Waals surface area contributed by atoms with Crippen LogP contribution in [0.25, 0.3) is 0 Å². The monoisotopic (exact) mass is 324 g/mol. The van der Waals surface area contributed by atoms with Crippen molar-refractivity contribution in [3.63, 3.8) is 0 Å². The summed E-state index contributed by atoms with van der Waals surface area (Å²) in [5.41, 5.74) is 4.80. The summed E-state index contributed by atoms with van der Waals surface area (Å²) in [6.07, 6.45) is 1.73. The molecule has 2 aromatic rings. The van der Waals surface area contributed by atoms with Crippen LogP contribution in [0.3, 0.4) is 0 Å². The fourth-order valence-electron chi connectivity index (χ4n) is 1.71. The van der Waals surface area contributed by atoms with Crippen LogP contribution in [0.2, 0.25) is 5.15 Å². The molecule has 4 heteroatoms. The third kappa shape index (κ3) is 3.24.